The molecule has 0 aliphatic heterocycles. The number of para-hydroxylation sites is 1. The third-order valence-corrected chi connectivity index (χ3v) is 2.48. The Morgan fingerprint density at radius 2 is 2.17 bits per heavy atom. The average Bonchev–Trinajstić information content (AvgIpc) is 2.28. The molecular weight excluding hydrogens is 236 g/mol. The van der Waals surface area contributed by atoms with Gasteiger partial charge in [-0.05, 0) is 19.9 Å². The third-order valence-electron chi connectivity index (χ3n) is 2.48. The summed E-state index contributed by atoms with van der Waals surface area (Å²) in [6.45, 7) is 3.66. The first kappa shape index (κ1) is 14.0. The standard InChI is InChI=1S/C12H16N2O4/c1-4-18-11(15)8-13(3)10-7-5-6-9(2)12(10)14(16)17/h5-7H,4,8H2,1-3H3. The van der Waals surface area contributed by atoms with Gasteiger partial charge in [-0.15, -0.1) is 0 Å². The topological polar surface area (TPSA) is 72.7 Å². The fourth-order valence-corrected chi connectivity index (χ4v) is 1.67. The molecule has 0 heterocycles. The molecule has 0 atom stereocenters. The van der Waals surface area contributed by atoms with Gasteiger partial charge in [0.05, 0.1) is 11.5 Å². The molecule has 1 aromatic rings. The second-order valence-corrected chi connectivity index (χ2v) is 3.86. The van der Waals surface area contributed by atoms with E-state index in [0.717, 1.165) is 0 Å². The summed E-state index contributed by atoms with van der Waals surface area (Å²) in [4.78, 5) is 23.5. The number of ether oxygens (including phenoxy) is 1. The molecule has 0 spiro atoms. The van der Waals surface area contributed by atoms with E-state index in [4.69, 9.17) is 4.74 Å². The molecule has 0 aromatic heterocycles. The van der Waals surface area contributed by atoms with Gasteiger partial charge in [-0.1, -0.05) is 12.1 Å². The van der Waals surface area contributed by atoms with Crippen molar-refractivity contribution in [2.24, 2.45) is 0 Å². The summed E-state index contributed by atoms with van der Waals surface area (Å²) in [6.07, 6.45) is 0. The number of esters is 1. The molecule has 0 amide bonds. The highest BCUT2D eigenvalue weighted by atomic mass is 16.6. The first-order chi connectivity index (χ1) is 8.47. The molecule has 1 rings (SSSR count). The fourth-order valence-electron chi connectivity index (χ4n) is 1.67. The van der Waals surface area contributed by atoms with Crippen LogP contribution < -0.4 is 4.90 Å². The second kappa shape index (κ2) is 6.00. The van der Waals surface area contributed by atoms with Crippen LogP contribution in [-0.4, -0.2) is 31.1 Å². The van der Waals surface area contributed by atoms with Gasteiger partial charge >= 0.3 is 5.97 Å². The molecule has 0 bridgehead atoms. The molecular formula is C12H16N2O4. The number of carbonyl (C=O) groups is 1. The van der Waals surface area contributed by atoms with Crippen molar-refractivity contribution in [2.45, 2.75) is 13.8 Å². The van der Waals surface area contributed by atoms with Crippen LogP contribution >= 0.6 is 0 Å². The molecule has 6 heteroatoms. The van der Waals surface area contributed by atoms with Gasteiger partial charge in [-0.25, -0.2) is 0 Å². The van der Waals surface area contributed by atoms with E-state index < -0.39 is 10.9 Å². The van der Waals surface area contributed by atoms with Crippen molar-refractivity contribution < 1.29 is 14.5 Å². The lowest BCUT2D eigenvalue weighted by Gasteiger charge is -2.18. The van der Waals surface area contributed by atoms with Crippen molar-refractivity contribution in [3.05, 3.63) is 33.9 Å². The largest absolute Gasteiger partial charge is 0.465 e. The van der Waals surface area contributed by atoms with Crippen LogP contribution in [-0.2, 0) is 9.53 Å². The zero-order valence-electron chi connectivity index (χ0n) is 10.7. The lowest BCUT2D eigenvalue weighted by atomic mass is 10.1. The van der Waals surface area contributed by atoms with Crippen molar-refractivity contribution in [3.63, 3.8) is 0 Å². The van der Waals surface area contributed by atoms with Crippen molar-refractivity contribution in [1.29, 1.82) is 0 Å². The summed E-state index contributed by atoms with van der Waals surface area (Å²) in [5.74, 6) is -0.407. The van der Waals surface area contributed by atoms with Gasteiger partial charge in [0.1, 0.15) is 12.2 Å². The Morgan fingerprint density at radius 3 is 2.72 bits per heavy atom. The van der Waals surface area contributed by atoms with Crippen LogP contribution in [0.25, 0.3) is 0 Å². The minimum atomic E-state index is -0.438. The Kier molecular flexibility index (Phi) is 4.65. The minimum Gasteiger partial charge on any atom is -0.465 e. The Balaban J connectivity index is 2.98. The predicted octanol–water partition coefficient (Wildman–Crippen LogP) is 1.90. The number of aryl methyl sites for hydroxylation is 1. The van der Waals surface area contributed by atoms with E-state index in [1.54, 1.807) is 39.1 Å². The number of likely N-dealkylation sites (N-methyl/N-ethyl adjacent to an activating group) is 1. The minimum absolute atomic E-state index is 0.0157. The molecule has 0 N–H and O–H groups in total. The number of rotatable bonds is 5. The van der Waals surface area contributed by atoms with Gasteiger partial charge in [0, 0.05) is 12.6 Å². The van der Waals surface area contributed by atoms with Crippen LogP contribution in [0.1, 0.15) is 12.5 Å². The van der Waals surface area contributed by atoms with Gasteiger partial charge < -0.3 is 9.64 Å². The Bertz CT molecular complexity index is 459. The first-order valence-corrected chi connectivity index (χ1v) is 5.58. The summed E-state index contributed by atoms with van der Waals surface area (Å²) in [5, 5.41) is 11.0. The number of hydrogen-bond acceptors (Lipinski definition) is 5. The quantitative estimate of drug-likeness (QED) is 0.454. The van der Waals surface area contributed by atoms with Crippen LogP contribution in [0.15, 0.2) is 18.2 Å². The Morgan fingerprint density at radius 1 is 1.50 bits per heavy atom. The summed E-state index contributed by atoms with van der Waals surface area (Å²) < 4.78 is 4.81. The van der Waals surface area contributed by atoms with Crippen LogP contribution in [0.5, 0.6) is 0 Å². The number of nitro benzene ring substituents is 1. The normalized spacial score (nSPS) is 9.94. The van der Waals surface area contributed by atoms with Crippen LogP contribution in [0.4, 0.5) is 11.4 Å². The number of nitrogens with zero attached hydrogens (tertiary/aromatic N) is 2. The van der Waals surface area contributed by atoms with Crippen molar-refractivity contribution in [3.8, 4) is 0 Å². The summed E-state index contributed by atoms with van der Waals surface area (Å²) >= 11 is 0. The zero-order valence-corrected chi connectivity index (χ0v) is 10.7. The van der Waals surface area contributed by atoms with Gasteiger partial charge in [0.15, 0.2) is 0 Å². The predicted molar refractivity (Wildman–Crippen MR) is 67.7 cm³/mol. The summed E-state index contributed by atoms with van der Waals surface area (Å²) in [7, 11) is 1.62. The van der Waals surface area contributed by atoms with E-state index in [-0.39, 0.29) is 12.2 Å². The van der Waals surface area contributed by atoms with Crippen LogP contribution in [0, 0.1) is 17.0 Å². The molecule has 1 aromatic carbocycles. The highest BCUT2D eigenvalue weighted by Crippen LogP contribution is 2.30. The van der Waals surface area contributed by atoms with Crippen molar-refractivity contribution in [2.75, 3.05) is 25.1 Å². The first-order valence-electron chi connectivity index (χ1n) is 5.58. The fraction of sp³-hybridized carbons (Fsp3) is 0.417. The maximum Gasteiger partial charge on any atom is 0.325 e. The lowest BCUT2D eigenvalue weighted by Crippen LogP contribution is -2.27. The number of nitro groups is 1. The summed E-state index contributed by atoms with van der Waals surface area (Å²) in [5.41, 5.74) is 0.991. The lowest BCUT2D eigenvalue weighted by molar-refractivity contribution is -0.384. The molecule has 0 radical (unpaired) electrons. The molecule has 98 valence electrons. The number of hydrogen-bond donors (Lipinski definition) is 0. The Hall–Kier alpha value is -2.11. The van der Waals surface area contributed by atoms with E-state index in [0.29, 0.717) is 17.9 Å². The van der Waals surface area contributed by atoms with E-state index in [2.05, 4.69) is 0 Å². The van der Waals surface area contributed by atoms with E-state index in [1.807, 2.05) is 0 Å². The van der Waals surface area contributed by atoms with Gasteiger partial charge in [0.2, 0.25) is 0 Å². The molecule has 0 fully saturated rings. The molecule has 6 nitrogen and oxygen atoms in total. The molecule has 18 heavy (non-hydrogen) atoms. The van der Waals surface area contributed by atoms with Gasteiger partial charge in [0.25, 0.3) is 5.69 Å². The van der Waals surface area contributed by atoms with Gasteiger partial charge in [-0.3, -0.25) is 14.9 Å². The SMILES string of the molecule is CCOC(=O)CN(C)c1cccc(C)c1[N+](=O)[O-]. The maximum atomic E-state index is 11.4. The molecule has 0 aliphatic rings. The zero-order chi connectivity index (χ0) is 13.7. The molecule has 0 saturated carbocycles. The smallest absolute Gasteiger partial charge is 0.325 e. The molecule has 0 saturated heterocycles. The van der Waals surface area contributed by atoms with Crippen molar-refractivity contribution in [1.82, 2.24) is 0 Å². The van der Waals surface area contributed by atoms with Crippen molar-refractivity contribution >= 4 is 17.3 Å². The van der Waals surface area contributed by atoms with Crippen LogP contribution in [0.3, 0.4) is 0 Å². The molecule has 0 unspecified atom stereocenters. The molecule has 0 aliphatic carbocycles. The third kappa shape index (κ3) is 3.19. The second-order valence-electron chi connectivity index (χ2n) is 3.86. The maximum absolute atomic E-state index is 11.4. The van der Waals surface area contributed by atoms with E-state index in [9.17, 15) is 14.9 Å². The van der Waals surface area contributed by atoms with E-state index >= 15 is 0 Å². The van der Waals surface area contributed by atoms with Crippen LogP contribution in [0.2, 0.25) is 0 Å². The van der Waals surface area contributed by atoms with E-state index in [1.165, 1.54) is 4.90 Å². The number of benzene rings is 1. The Labute approximate surface area is 105 Å². The number of anilines is 1. The average molecular weight is 252 g/mol. The van der Waals surface area contributed by atoms with Gasteiger partial charge in [-0.2, -0.15) is 0 Å². The highest BCUT2D eigenvalue weighted by molar-refractivity contribution is 5.78. The highest BCUT2D eigenvalue weighted by Gasteiger charge is 2.21. The summed E-state index contributed by atoms with van der Waals surface area (Å²) in [6, 6.07) is 5.00. The monoisotopic (exact) mass is 252 g/mol. The number of carbonyl (C=O) groups excluding carboxylic acids is 1.